The number of ether oxygens (including phenoxy) is 1. The first-order chi connectivity index (χ1) is 13.8. The Morgan fingerprint density at radius 2 is 1.90 bits per heavy atom. The van der Waals surface area contributed by atoms with Gasteiger partial charge in [0.15, 0.2) is 0 Å². The maximum Gasteiger partial charge on any atom is 0.242 e. The van der Waals surface area contributed by atoms with Gasteiger partial charge in [-0.05, 0) is 44.3 Å². The van der Waals surface area contributed by atoms with Crippen LogP contribution in [0.2, 0.25) is 0 Å². The number of rotatable bonds is 11. The van der Waals surface area contributed by atoms with Gasteiger partial charge in [-0.15, -0.1) is 0 Å². The first-order valence-electron chi connectivity index (χ1n) is 9.51. The van der Waals surface area contributed by atoms with Crippen molar-refractivity contribution in [1.82, 2.24) is 19.4 Å². The molecule has 2 N–H and O–H groups in total. The molecule has 0 aliphatic carbocycles. The van der Waals surface area contributed by atoms with E-state index in [1.807, 2.05) is 0 Å². The lowest BCUT2D eigenvalue weighted by atomic mass is 10.3. The first kappa shape index (κ1) is 22.9. The highest BCUT2D eigenvalue weighted by Crippen LogP contribution is 2.16. The molecule has 0 saturated heterocycles. The molecule has 0 bridgehead atoms. The molecule has 0 unspecified atom stereocenters. The third-order valence-electron chi connectivity index (χ3n) is 4.54. The molecule has 1 heterocycles. The van der Waals surface area contributed by atoms with Crippen LogP contribution in [0.25, 0.3) is 0 Å². The molecule has 1 amide bonds. The molecule has 10 heteroatoms. The Bertz CT molecular complexity index is 892. The van der Waals surface area contributed by atoms with E-state index < -0.39 is 22.0 Å². The normalized spacial score (nSPS) is 12.7. The van der Waals surface area contributed by atoms with E-state index in [1.165, 1.54) is 26.2 Å². The van der Waals surface area contributed by atoms with Crippen LogP contribution in [0.15, 0.2) is 41.6 Å². The Morgan fingerprint density at radius 1 is 1.24 bits per heavy atom. The largest absolute Gasteiger partial charge is 0.497 e. The van der Waals surface area contributed by atoms with Gasteiger partial charge in [0, 0.05) is 12.7 Å². The van der Waals surface area contributed by atoms with Crippen LogP contribution in [0.5, 0.6) is 5.75 Å². The Balaban J connectivity index is 1.93. The number of hydrogen-bond acceptors (Lipinski definition) is 6. The van der Waals surface area contributed by atoms with Crippen LogP contribution in [0.3, 0.4) is 0 Å². The lowest BCUT2D eigenvalue weighted by Crippen LogP contribution is -2.41. The molecule has 0 saturated carbocycles. The van der Waals surface area contributed by atoms with Crippen LogP contribution in [-0.2, 0) is 21.4 Å². The maximum absolute atomic E-state index is 12.5. The van der Waals surface area contributed by atoms with Crippen molar-refractivity contribution in [2.75, 3.05) is 32.1 Å². The van der Waals surface area contributed by atoms with E-state index >= 15 is 0 Å². The van der Waals surface area contributed by atoms with E-state index in [9.17, 15) is 13.2 Å². The highest BCUT2D eigenvalue weighted by Gasteiger charge is 2.22. The number of carbonyl (C=O) groups excluding carboxylic acids is 1. The van der Waals surface area contributed by atoms with Gasteiger partial charge in [0.2, 0.25) is 15.9 Å². The summed E-state index contributed by atoms with van der Waals surface area (Å²) in [6.45, 7) is 9.19. The molecule has 160 valence electrons. The van der Waals surface area contributed by atoms with Gasteiger partial charge in [-0.3, -0.25) is 9.48 Å². The summed E-state index contributed by atoms with van der Waals surface area (Å²) in [6, 6.07) is 4.98. The molecule has 29 heavy (non-hydrogen) atoms. The van der Waals surface area contributed by atoms with Gasteiger partial charge in [0.05, 0.1) is 36.5 Å². The van der Waals surface area contributed by atoms with Crippen molar-refractivity contribution in [3.63, 3.8) is 0 Å². The predicted octanol–water partition coefficient (Wildman–Crippen LogP) is 1.54. The third-order valence-corrected chi connectivity index (χ3v) is 6.09. The zero-order valence-electron chi connectivity index (χ0n) is 17.3. The maximum atomic E-state index is 12.5. The fraction of sp³-hybridized carbons (Fsp3) is 0.474. The highest BCUT2D eigenvalue weighted by atomic mass is 32.2. The summed E-state index contributed by atoms with van der Waals surface area (Å²) in [5.74, 6) is 0.0816. The van der Waals surface area contributed by atoms with Crippen LogP contribution >= 0.6 is 0 Å². The summed E-state index contributed by atoms with van der Waals surface area (Å²) >= 11 is 0. The van der Waals surface area contributed by atoms with Crippen molar-refractivity contribution in [2.45, 2.75) is 38.3 Å². The highest BCUT2D eigenvalue weighted by molar-refractivity contribution is 7.89. The number of carbonyl (C=O) groups is 1. The zero-order chi connectivity index (χ0) is 21.4. The summed E-state index contributed by atoms with van der Waals surface area (Å²) in [7, 11) is -2.33. The lowest BCUT2D eigenvalue weighted by molar-refractivity contribution is -0.117. The minimum absolute atomic E-state index is 0.0576. The summed E-state index contributed by atoms with van der Waals surface area (Å²) in [5, 5.41) is 6.92. The molecule has 2 aromatic rings. The molecule has 1 atom stereocenters. The average Bonchev–Trinajstić information content (AvgIpc) is 3.15. The Morgan fingerprint density at radius 3 is 2.48 bits per heavy atom. The van der Waals surface area contributed by atoms with Crippen molar-refractivity contribution < 1.29 is 17.9 Å². The summed E-state index contributed by atoms with van der Waals surface area (Å²) < 4.78 is 34.1. The second-order valence-electron chi connectivity index (χ2n) is 6.53. The number of hydrogen-bond donors (Lipinski definition) is 2. The number of amides is 1. The Hall–Kier alpha value is -2.43. The smallest absolute Gasteiger partial charge is 0.242 e. The van der Waals surface area contributed by atoms with Gasteiger partial charge in [-0.25, -0.2) is 8.42 Å². The van der Waals surface area contributed by atoms with Crippen molar-refractivity contribution in [3.05, 3.63) is 36.7 Å². The van der Waals surface area contributed by atoms with Gasteiger partial charge in [0.1, 0.15) is 5.75 Å². The van der Waals surface area contributed by atoms with Crippen LogP contribution in [0.4, 0.5) is 5.69 Å². The molecule has 2 rings (SSSR count). The fourth-order valence-electron chi connectivity index (χ4n) is 2.69. The van der Waals surface area contributed by atoms with Gasteiger partial charge < -0.3 is 15.0 Å². The molecule has 1 aromatic heterocycles. The minimum Gasteiger partial charge on any atom is -0.497 e. The molecule has 0 radical (unpaired) electrons. The molecule has 0 aliphatic heterocycles. The lowest BCUT2D eigenvalue weighted by Gasteiger charge is -2.17. The molecule has 0 aliphatic rings. The summed E-state index contributed by atoms with van der Waals surface area (Å²) in [4.78, 5) is 14.7. The van der Waals surface area contributed by atoms with E-state index in [0.29, 0.717) is 18.0 Å². The average molecular weight is 424 g/mol. The number of anilines is 1. The van der Waals surface area contributed by atoms with Crippen molar-refractivity contribution in [3.8, 4) is 5.75 Å². The Kier molecular flexibility index (Phi) is 8.18. The SMILES string of the molecule is CCN(CC)CCn1cc(NC(=O)[C@H](C)NS(=O)(=O)c2ccc(OC)cc2)cn1. The monoisotopic (exact) mass is 423 g/mol. The third kappa shape index (κ3) is 6.55. The number of nitrogens with one attached hydrogen (secondary N) is 2. The summed E-state index contributed by atoms with van der Waals surface area (Å²) in [6.07, 6.45) is 3.27. The van der Waals surface area contributed by atoms with Gasteiger partial charge >= 0.3 is 0 Å². The quantitative estimate of drug-likeness (QED) is 0.568. The Labute approximate surface area is 172 Å². The van der Waals surface area contributed by atoms with Crippen molar-refractivity contribution in [1.29, 1.82) is 0 Å². The summed E-state index contributed by atoms with van der Waals surface area (Å²) in [5.41, 5.74) is 0.519. The zero-order valence-corrected chi connectivity index (χ0v) is 18.1. The molecule has 0 fully saturated rings. The molecule has 1 aromatic carbocycles. The predicted molar refractivity (Wildman–Crippen MR) is 111 cm³/mol. The van der Waals surface area contributed by atoms with Crippen LogP contribution < -0.4 is 14.8 Å². The van der Waals surface area contributed by atoms with Crippen LogP contribution in [0, 0.1) is 0 Å². The van der Waals surface area contributed by atoms with Gasteiger partial charge in [0.25, 0.3) is 0 Å². The number of nitrogens with zero attached hydrogens (tertiary/aromatic N) is 3. The number of aromatic nitrogens is 2. The molecule has 0 spiro atoms. The second-order valence-corrected chi connectivity index (χ2v) is 8.24. The number of benzene rings is 1. The minimum atomic E-state index is -3.83. The van der Waals surface area contributed by atoms with Gasteiger partial charge in [-0.1, -0.05) is 13.8 Å². The van der Waals surface area contributed by atoms with Crippen molar-refractivity contribution >= 4 is 21.6 Å². The van der Waals surface area contributed by atoms with E-state index in [-0.39, 0.29) is 4.90 Å². The number of likely N-dealkylation sites (N-methyl/N-ethyl adjacent to an activating group) is 1. The second kappa shape index (κ2) is 10.4. The molecular formula is C19H29N5O4S. The van der Waals surface area contributed by atoms with Gasteiger partial charge in [-0.2, -0.15) is 9.82 Å². The topological polar surface area (TPSA) is 106 Å². The number of methoxy groups -OCH3 is 1. The van der Waals surface area contributed by atoms with Crippen LogP contribution in [0.1, 0.15) is 20.8 Å². The van der Waals surface area contributed by atoms with E-state index in [4.69, 9.17) is 4.74 Å². The van der Waals surface area contributed by atoms with Crippen molar-refractivity contribution in [2.24, 2.45) is 0 Å². The number of sulfonamides is 1. The van der Waals surface area contributed by atoms with Crippen LogP contribution in [-0.4, -0.2) is 61.8 Å². The molecular weight excluding hydrogens is 394 g/mol. The van der Waals surface area contributed by atoms with E-state index in [2.05, 4.69) is 33.9 Å². The molecule has 9 nitrogen and oxygen atoms in total. The fourth-order valence-corrected chi connectivity index (χ4v) is 3.90. The van der Waals surface area contributed by atoms with E-state index in [0.717, 1.165) is 19.6 Å². The standard InChI is InChI=1S/C19H29N5O4S/c1-5-23(6-2)11-12-24-14-16(13-20-24)21-19(25)15(3)22-29(26,27)18-9-7-17(28-4)8-10-18/h7-10,13-15,22H,5-6,11-12H2,1-4H3,(H,21,25)/t15-/m0/s1. The van der Waals surface area contributed by atoms with E-state index in [1.54, 1.807) is 29.2 Å². The first-order valence-corrected chi connectivity index (χ1v) is 11.0.